The highest BCUT2D eigenvalue weighted by molar-refractivity contribution is 5.94. The fourth-order valence-electron chi connectivity index (χ4n) is 5.66. The van der Waals surface area contributed by atoms with Crippen LogP contribution in [-0.4, -0.2) is 86.2 Å². The third-order valence-corrected chi connectivity index (χ3v) is 7.71. The number of aliphatic carboxylic acids is 1. The van der Waals surface area contributed by atoms with Crippen molar-refractivity contribution in [3.63, 3.8) is 0 Å². The Morgan fingerprint density at radius 1 is 1.12 bits per heavy atom. The number of nitrogens with two attached hydrogens (primary N) is 1. The minimum absolute atomic E-state index is 0.0557. The number of phenolic OH excluding ortho intramolecular Hbond substituents is 1. The van der Waals surface area contributed by atoms with E-state index >= 15 is 0 Å². The molecule has 222 valence electrons. The Morgan fingerprint density at radius 2 is 1.75 bits per heavy atom. The van der Waals surface area contributed by atoms with Gasteiger partial charge in [0.15, 0.2) is 11.8 Å². The van der Waals surface area contributed by atoms with Crippen LogP contribution in [0.5, 0.6) is 5.75 Å². The van der Waals surface area contributed by atoms with E-state index in [1.165, 1.54) is 19.1 Å². The topological polar surface area (TPSA) is 196 Å². The average Bonchev–Trinajstić information content (AvgIpc) is 2.88. The van der Waals surface area contributed by atoms with Crippen molar-refractivity contribution in [3.8, 4) is 5.75 Å². The van der Waals surface area contributed by atoms with E-state index in [1.807, 2.05) is 0 Å². The highest BCUT2D eigenvalue weighted by atomic mass is 16.4. The molecule has 1 aromatic rings. The van der Waals surface area contributed by atoms with E-state index < -0.39 is 76.8 Å². The van der Waals surface area contributed by atoms with Crippen LogP contribution < -0.4 is 16.4 Å². The number of rotatable bonds is 13. The summed E-state index contributed by atoms with van der Waals surface area (Å²) >= 11 is 0. The summed E-state index contributed by atoms with van der Waals surface area (Å²) < 4.78 is -1.16. The molecule has 0 aliphatic carbocycles. The van der Waals surface area contributed by atoms with E-state index in [-0.39, 0.29) is 18.6 Å². The molecule has 1 aliphatic heterocycles. The molecule has 12 nitrogen and oxygen atoms in total. The standard InChI is InChI=1S/C28H42N4O8/c1-17(2)24(31-25(38)22(29)15-19-7-9-21(35)10-8-19)27(40)32(26(39)18(3)34,20(11-14-33)16-23(36)37)28(4)12-5-6-13-30-28/h7-10,14,17-18,20,22,24,30,34H,5-6,11-13,15-16,29H2,1-4H3,(H2-,31,35,36,37,38)/p+1/t18?,20-,22+,24+,28?,32?/m1/s1. The first-order valence-corrected chi connectivity index (χ1v) is 13.6. The summed E-state index contributed by atoms with van der Waals surface area (Å²) in [4.78, 5) is 65.8. The largest absolute Gasteiger partial charge is 0.508 e. The number of piperidine rings is 1. The van der Waals surface area contributed by atoms with Crippen LogP contribution in [-0.2, 0) is 30.4 Å². The Bertz CT molecular complexity index is 1070. The van der Waals surface area contributed by atoms with Crippen molar-refractivity contribution in [3.05, 3.63) is 29.8 Å². The molecule has 0 radical (unpaired) electrons. The fraction of sp³-hybridized carbons (Fsp3) is 0.607. The Kier molecular flexibility index (Phi) is 11.5. The molecule has 0 bridgehead atoms. The lowest BCUT2D eigenvalue weighted by atomic mass is 9.86. The zero-order chi connectivity index (χ0) is 30.3. The third-order valence-electron chi connectivity index (χ3n) is 7.71. The van der Waals surface area contributed by atoms with Crippen LogP contribution in [0.25, 0.3) is 0 Å². The van der Waals surface area contributed by atoms with E-state index in [0.29, 0.717) is 24.8 Å². The third kappa shape index (κ3) is 7.11. The number of quaternary nitrogens is 1. The Labute approximate surface area is 234 Å². The number of phenols is 1. The molecule has 3 amide bonds. The monoisotopic (exact) mass is 563 g/mol. The number of amides is 3. The number of nitrogens with zero attached hydrogens (tertiary/aromatic N) is 1. The molecule has 12 heteroatoms. The molecule has 1 heterocycles. The van der Waals surface area contributed by atoms with Gasteiger partial charge in [-0.15, -0.1) is 0 Å². The van der Waals surface area contributed by atoms with Crippen molar-refractivity contribution in [1.29, 1.82) is 0 Å². The molecule has 7 N–H and O–H groups in total. The van der Waals surface area contributed by atoms with Crippen molar-refractivity contribution < 1.29 is 43.8 Å². The molecule has 0 saturated carbocycles. The number of carboxylic acid groups (broad SMARTS) is 1. The number of carbonyl (C=O) groups is 5. The maximum Gasteiger partial charge on any atom is 0.351 e. The van der Waals surface area contributed by atoms with Crippen LogP contribution in [0, 0.1) is 5.92 Å². The fourth-order valence-corrected chi connectivity index (χ4v) is 5.66. The van der Waals surface area contributed by atoms with Gasteiger partial charge in [0.2, 0.25) is 5.91 Å². The molecule has 0 aromatic heterocycles. The summed E-state index contributed by atoms with van der Waals surface area (Å²) in [5.74, 6) is -4.28. The molecule has 40 heavy (non-hydrogen) atoms. The first-order valence-electron chi connectivity index (χ1n) is 13.6. The van der Waals surface area contributed by atoms with Gasteiger partial charge in [-0.05, 0) is 49.8 Å². The average molecular weight is 564 g/mol. The summed E-state index contributed by atoms with van der Waals surface area (Å²) in [6, 6.07) is 2.42. The molecule has 1 saturated heterocycles. The highest BCUT2D eigenvalue weighted by Crippen LogP contribution is 2.39. The van der Waals surface area contributed by atoms with E-state index in [4.69, 9.17) is 5.73 Å². The van der Waals surface area contributed by atoms with E-state index in [0.717, 1.165) is 6.42 Å². The second-order valence-corrected chi connectivity index (χ2v) is 11.1. The van der Waals surface area contributed by atoms with Gasteiger partial charge < -0.3 is 31.2 Å². The predicted octanol–water partition coefficient (Wildman–Crippen LogP) is 0.576. The van der Waals surface area contributed by atoms with Gasteiger partial charge in [-0.25, -0.2) is 9.59 Å². The van der Waals surface area contributed by atoms with Crippen molar-refractivity contribution in [2.75, 3.05) is 6.54 Å². The van der Waals surface area contributed by atoms with Gasteiger partial charge in [0.25, 0.3) is 0 Å². The number of carboxylic acids is 1. The Hall–Kier alpha value is -3.19. The van der Waals surface area contributed by atoms with Crippen molar-refractivity contribution in [1.82, 2.24) is 10.6 Å². The zero-order valence-corrected chi connectivity index (χ0v) is 23.6. The Morgan fingerprint density at radius 3 is 2.23 bits per heavy atom. The maximum absolute atomic E-state index is 14.7. The number of imide groups is 1. The zero-order valence-electron chi connectivity index (χ0n) is 23.6. The van der Waals surface area contributed by atoms with Crippen molar-refractivity contribution in [2.45, 2.75) is 96.1 Å². The number of hydrogen-bond donors (Lipinski definition) is 6. The molecule has 1 aromatic carbocycles. The lowest BCUT2D eigenvalue weighted by Crippen LogP contribution is -2.82. The van der Waals surface area contributed by atoms with Crippen LogP contribution in [0.4, 0.5) is 0 Å². The molecule has 6 atom stereocenters. The lowest BCUT2D eigenvalue weighted by Gasteiger charge is -2.54. The van der Waals surface area contributed by atoms with E-state index in [2.05, 4.69) is 10.6 Å². The van der Waals surface area contributed by atoms with Crippen LogP contribution >= 0.6 is 0 Å². The number of carbonyl (C=O) groups excluding carboxylic acids is 4. The molecular weight excluding hydrogens is 520 g/mol. The molecule has 1 aliphatic rings. The van der Waals surface area contributed by atoms with Gasteiger partial charge >= 0.3 is 17.8 Å². The summed E-state index contributed by atoms with van der Waals surface area (Å²) in [5.41, 5.74) is 5.47. The smallest absolute Gasteiger partial charge is 0.351 e. The second kappa shape index (κ2) is 13.9. The first kappa shape index (κ1) is 33.0. The van der Waals surface area contributed by atoms with Crippen LogP contribution in [0.3, 0.4) is 0 Å². The number of aromatic hydroxyl groups is 1. The summed E-state index contributed by atoms with van der Waals surface area (Å²) in [6.07, 6.45) is -0.595. The SMILES string of the molecule is CC(O)C(=O)[N+](C(=O)[C@@H](NC(=O)[C@@H](N)Cc1ccc(O)cc1)C(C)C)([C@H](CC=O)CC(=O)O)C1(C)CCCCN1. The molecule has 1 fully saturated rings. The number of aliphatic hydroxyl groups excluding tert-OH is 1. The first-order chi connectivity index (χ1) is 18.7. The Balaban J connectivity index is 2.63. The molecule has 2 rings (SSSR count). The van der Waals surface area contributed by atoms with E-state index in [9.17, 15) is 39.3 Å². The summed E-state index contributed by atoms with van der Waals surface area (Å²) in [6.45, 7) is 6.58. The minimum Gasteiger partial charge on any atom is -0.508 e. The van der Waals surface area contributed by atoms with Gasteiger partial charge in [-0.3, -0.25) is 14.9 Å². The molecule has 0 spiro atoms. The number of nitrogens with one attached hydrogen (secondary N) is 2. The van der Waals surface area contributed by atoms with Crippen molar-refractivity contribution >= 4 is 30.0 Å². The molecular formula is C28H43N4O8+. The van der Waals surface area contributed by atoms with Gasteiger partial charge in [0.1, 0.15) is 24.1 Å². The van der Waals surface area contributed by atoms with E-state index in [1.54, 1.807) is 32.9 Å². The van der Waals surface area contributed by atoms with Crippen LogP contribution in [0.15, 0.2) is 24.3 Å². The number of aldehydes is 1. The number of hydrogen-bond acceptors (Lipinski definition) is 9. The van der Waals surface area contributed by atoms with Gasteiger partial charge in [-0.2, -0.15) is 4.48 Å². The van der Waals surface area contributed by atoms with Crippen LogP contribution in [0.2, 0.25) is 0 Å². The summed E-state index contributed by atoms with van der Waals surface area (Å²) in [5, 5.41) is 35.7. The van der Waals surface area contributed by atoms with Gasteiger partial charge in [0, 0.05) is 19.9 Å². The predicted molar refractivity (Wildman–Crippen MR) is 145 cm³/mol. The van der Waals surface area contributed by atoms with Crippen molar-refractivity contribution in [2.24, 2.45) is 11.7 Å². The number of aliphatic hydroxyl groups is 1. The lowest BCUT2D eigenvalue weighted by molar-refractivity contribution is -0.865. The number of benzene rings is 1. The normalized spacial score (nSPS) is 21.9. The quantitative estimate of drug-likeness (QED) is 0.146. The van der Waals surface area contributed by atoms with Gasteiger partial charge in [-0.1, -0.05) is 26.0 Å². The second-order valence-electron chi connectivity index (χ2n) is 11.1. The minimum atomic E-state index is -1.67. The molecule has 3 unspecified atom stereocenters. The maximum atomic E-state index is 14.7. The summed E-state index contributed by atoms with van der Waals surface area (Å²) in [7, 11) is 0. The van der Waals surface area contributed by atoms with Crippen LogP contribution in [0.1, 0.15) is 65.4 Å². The van der Waals surface area contributed by atoms with Gasteiger partial charge in [0.05, 0.1) is 18.9 Å². The highest BCUT2D eigenvalue weighted by Gasteiger charge is 2.65.